The van der Waals surface area contributed by atoms with E-state index in [1.54, 1.807) is 0 Å². The van der Waals surface area contributed by atoms with Crippen LogP contribution in [0.3, 0.4) is 0 Å². The van der Waals surface area contributed by atoms with Crippen LogP contribution in [0.25, 0.3) is 22.6 Å². The molecule has 0 N–H and O–H groups in total. The molecular weight excluding hydrogens is 457 g/mol. The summed E-state index contributed by atoms with van der Waals surface area (Å²) in [6.07, 6.45) is -16.6. The molecule has 0 spiro atoms. The van der Waals surface area contributed by atoms with Crippen molar-refractivity contribution in [2.45, 2.75) is 19.1 Å². The maximum Gasteiger partial charge on any atom is 0.573 e. The van der Waals surface area contributed by atoms with Gasteiger partial charge in [-0.3, -0.25) is 5.11 Å². The Hall–Kier alpha value is -3.52. The van der Waals surface area contributed by atoms with E-state index in [-0.39, 0.29) is 23.2 Å². The zero-order chi connectivity index (χ0) is 23.2. The van der Waals surface area contributed by atoms with E-state index in [0.717, 1.165) is 18.2 Å². The molecule has 15 heteroatoms. The van der Waals surface area contributed by atoms with Crippen LogP contribution in [0.1, 0.15) is 0 Å². The summed E-state index contributed by atoms with van der Waals surface area (Å²) in [7, 11) is 0. The maximum atomic E-state index is 12.8. The zero-order valence-electron chi connectivity index (χ0n) is 14.3. The van der Waals surface area contributed by atoms with Gasteiger partial charge in [-0.15, -0.1) is 39.5 Å². The lowest BCUT2D eigenvalue weighted by Crippen LogP contribution is -2.21. The second-order valence-corrected chi connectivity index (χ2v) is 5.59. The van der Waals surface area contributed by atoms with E-state index in [4.69, 9.17) is 4.42 Å². The second-order valence-electron chi connectivity index (χ2n) is 5.59. The van der Waals surface area contributed by atoms with Gasteiger partial charge in [-0.1, -0.05) is 0 Å². The number of rotatable bonds is 4. The molecular formula is C16H5F9NO5. The summed E-state index contributed by atoms with van der Waals surface area (Å²) in [5.74, 6) is -6.27. The van der Waals surface area contributed by atoms with E-state index in [1.807, 2.05) is 0 Å². The Labute approximate surface area is 164 Å². The summed E-state index contributed by atoms with van der Waals surface area (Å²) >= 11 is 0. The highest BCUT2D eigenvalue weighted by Gasteiger charge is 2.39. The SMILES string of the molecule is [O]c1ccc2oc(-c3c(OC(F)(F)F)cc(OC(F)(F)F)cc3OC(F)(F)F)nc2c1. The third kappa shape index (κ3) is 5.76. The fourth-order valence-corrected chi connectivity index (χ4v) is 2.39. The van der Waals surface area contributed by atoms with Gasteiger partial charge in [0.15, 0.2) is 11.3 Å². The normalized spacial score (nSPS) is 12.8. The number of fused-ring (bicyclic) bond motifs is 1. The Morgan fingerprint density at radius 3 is 1.74 bits per heavy atom. The van der Waals surface area contributed by atoms with E-state index in [0.29, 0.717) is 0 Å². The zero-order valence-corrected chi connectivity index (χ0v) is 14.3. The van der Waals surface area contributed by atoms with Crippen LogP contribution in [-0.4, -0.2) is 24.1 Å². The quantitative estimate of drug-likeness (QED) is 0.424. The first kappa shape index (κ1) is 22.2. The first-order valence-electron chi connectivity index (χ1n) is 7.63. The minimum Gasteiger partial charge on any atom is -0.436 e. The van der Waals surface area contributed by atoms with Crippen LogP contribution in [0.15, 0.2) is 34.7 Å². The number of benzene rings is 2. The molecule has 0 fully saturated rings. The van der Waals surface area contributed by atoms with Crippen molar-refractivity contribution >= 4 is 11.1 Å². The standard InChI is InChI=1S/C16H5F9NO5/c17-14(18,19)29-7-4-10(30-15(20,21)22)12(11(5-7)31-16(23,24)25)13-26-8-3-6(27)1-2-9(8)28-13/h1-5H. The van der Waals surface area contributed by atoms with Crippen LogP contribution in [-0.2, 0) is 5.11 Å². The molecule has 167 valence electrons. The van der Waals surface area contributed by atoms with E-state index in [1.165, 1.54) is 0 Å². The highest BCUT2D eigenvalue weighted by Crippen LogP contribution is 2.46. The Bertz CT molecular complexity index is 1060. The van der Waals surface area contributed by atoms with Crippen LogP contribution in [0.5, 0.6) is 23.0 Å². The van der Waals surface area contributed by atoms with Crippen molar-refractivity contribution in [3.8, 4) is 34.5 Å². The van der Waals surface area contributed by atoms with Crippen molar-refractivity contribution in [3.63, 3.8) is 0 Å². The lowest BCUT2D eigenvalue weighted by atomic mass is 10.1. The number of oxazole rings is 1. The fourth-order valence-electron chi connectivity index (χ4n) is 2.39. The lowest BCUT2D eigenvalue weighted by molar-refractivity contribution is -0.278. The fraction of sp³-hybridized carbons (Fsp3) is 0.188. The first-order chi connectivity index (χ1) is 14.1. The van der Waals surface area contributed by atoms with E-state index < -0.39 is 53.5 Å². The molecule has 2 aromatic carbocycles. The van der Waals surface area contributed by atoms with Crippen molar-refractivity contribution in [2.24, 2.45) is 0 Å². The molecule has 3 aromatic rings. The Kier molecular flexibility index (Phi) is 5.23. The molecule has 0 amide bonds. The Morgan fingerprint density at radius 2 is 1.26 bits per heavy atom. The van der Waals surface area contributed by atoms with Gasteiger partial charge < -0.3 is 18.6 Å². The van der Waals surface area contributed by atoms with Crippen molar-refractivity contribution in [1.82, 2.24) is 4.98 Å². The average molecular weight is 462 g/mol. The molecule has 1 radical (unpaired) electrons. The Balaban J connectivity index is 2.27. The van der Waals surface area contributed by atoms with Crippen molar-refractivity contribution in [3.05, 3.63) is 30.3 Å². The van der Waals surface area contributed by atoms with E-state index in [9.17, 15) is 44.6 Å². The van der Waals surface area contributed by atoms with Crippen molar-refractivity contribution < 1.29 is 63.2 Å². The number of nitrogens with zero attached hydrogens (tertiary/aromatic N) is 1. The summed E-state index contributed by atoms with van der Waals surface area (Å²) in [6, 6.07) is 2.90. The molecule has 1 heterocycles. The molecule has 0 bridgehead atoms. The summed E-state index contributed by atoms with van der Waals surface area (Å²) in [5.41, 5.74) is -1.71. The highest BCUT2D eigenvalue weighted by atomic mass is 19.4. The Morgan fingerprint density at radius 1 is 0.742 bits per heavy atom. The molecule has 0 atom stereocenters. The van der Waals surface area contributed by atoms with Crippen LogP contribution < -0.4 is 14.2 Å². The first-order valence-corrected chi connectivity index (χ1v) is 7.63. The molecule has 0 unspecified atom stereocenters. The van der Waals surface area contributed by atoms with Gasteiger partial charge in [0.1, 0.15) is 28.3 Å². The number of aromatic nitrogens is 1. The third-order valence-electron chi connectivity index (χ3n) is 3.30. The molecule has 6 nitrogen and oxygen atoms in total. The van der Waals surface area contributed by atoms with Gasteiger partial charge in [-0.25, -0.2) is 4.98 Å². The monoisotopic (exact) mass is 462 g/mol. The summed E-state index contributed by atoms with van der Waals surface area (Å²) in [5, 5.41) is 11.4. The molecule has 0 saturated heterocycles. The largest absolute Gasteiger partial charge is 0.573 e. The molecule has 3 rings (SSSR count). The van der Waals surface area contributed by atoms with E-state index in [2.05, 4.69) is 19.2 Å². The second kappa shape index (κ2) is 7.31. The highest BCUT2D eigenvalue weighted by molar-refractivity contribution is 5.81. The number of alkyl halides is 9. The predicted octanol–water partition coefficient (Wildman–Crippen LogP) is 6.33. The van der Waals surface area contributed by atoms with Crippen LogP contribution in [0.2, 0.25) is 0 Å². The van der Waals surface area contributed by atoms with Crippen LogP contribution >= 0.6 is 0 Å². The number of hydrogen-bond donors (Lipinski definition) is 0. The maximum absolute atomic E-state index is 12.8. The van der Waals surface area contributed by atoms with Gasteiger partial charge >= 0.3 is 19.1 Å². The van der Waals surface area contributed by atoms with Crippen LogP contribution in [0, 0.1) is 0 Å². The molecule has 0 saturated carbocycles. The third-order valence-corrected chi connectivity index (χ3v) is 3.30. The average Bonchev–Trinajstić information content (AvgIpc) is 2.92. The molecule has 1 aromatic heterocycles. The molecule has 31 heavy (non-hydrogen) atoms. The summed E-state index contributed by atoms with van der Waals surface area (Å²) < 4.78 is 130. The van der Waals surface area contributed by atoms with Crippen molar-refractivity contribution in [2.75, 3.05) is 0 Å². The smallest absolute Gasteiger partial charge is 0.436 e. The van der Waals surface area contributed by atoms with Crippen LogP contribution in [0.4, 0.5) is 39.5 Å². The van der Waals surface area contributed by atoms with Gasteiger partial charge in [0.05, 0.1) is 0 Å². The minimum atomic E-state index is -5.55. The lowest BCUT2D eigenvalue weighted by Gasteiger charge is -2.18. The molecule has 0 aliphatic carbocycles. The summed E-state index contributed by atoms with van der Waals surface area (Å²) in [4.78, 5) is 3.60. The topological polar surface area (TPSA) is 73.6 Å². The van der Waals surface area contributed by atoms with Gasteiger partial charge in [0.25, 0.3) is 0 Å². The van der Waals surface area contributed by atoms with E-state index >= 15 is 0 Å². The minimum absolute atomic E-state index is 0.0213. The number of halogens is 9. The molecule has 0 aliphatic rings. The number of ether oxygens (including phenoxy) is 3. The van der Waals surface area contributed by atoms with Crippen molar-refractivity contribution in [1.29, 1.82) is 0 Å². The van der Waals surface area contributed by atoms with Gasteiger partial charge in [0.2, 0.25) is 5.89 Å². The van der Waals surface area contributed by atoms with Gasteiger partial charge in [-0.05, 0) is 12.1 Å². The predicted molar refractivity (Wildman–Crippen MR) is 79.6 cm³/mol. The summed E-state index contributed by atoms with van der Waals surface area (Å²) in [6.45, 7) is 0. The molecule has 0 aliphatic heterocycles. The number of hydrogen-bond acceptors (Lipinski definition) is 5. The van der Waals surface area contributed by atoms with Gasteiger partial charge in [0, 0.05) is 18.2 Å². The van der Waals surface area contributed by atoms with Gasteiger partial charge in [-0.2, -0.15) is 0 Å².